The summed E-state index contributed by atoms with van der Waals surface area (Å²) in [6, 6.07) is 10.5. The molecule has 0 aliphatic carbocycles. The van der Waals surface area contributed by atoms with Gasteiger partial charge in [0.2, 0.25) is 11.8 Å². The zero-order valence-corrected chi connectivity index (χ0v) is 25.1. The second kappa shape index (κ2) is 12.5. The molecule has 8 nitrogen and oxygen atoms in total. The lowest BCUT2D eigenvalue weighted by Crippen LogP contribution is -2.51. The second-order valence-electron chi connectivity index (χ2n) is 10.1. The van der Waals surface area contributed by atoms with E-state index in [1.54, 1.807) is 29.0 Å². The molecule has 2 aliphatic heterocycles. The number of benzene rings is 2. The number of hydrogen-bond acceptors (Lipinski definition) is 4. The van der Waals surface area contributed by atoms with E-state index in [0.29, 0.717) is 50.5 Å². The van der Waals surface area contributed by atoms with Crippen LogP contribution in [0.1, 0.15) is 51.0 Å². The lowest BCUT2D eigenvalue weighted by atomic mass is 9.95. The van der Waals surface area contributed by atoms with Crippen molar-refractivity contribution in [1.82, 2.24) is 9.80 Å². The van der Waals surface area contributed by atoms with E-state index in [9.17, 15) is 14.4 Å². The highest BCUT2D eigenvalue weighted by atomic mass is 79.9. The number of nitrogens with one attached hydrogen (secondary N) is 2. The SMILES string of the molecule is COc1ccc(NC(=O)C2CCN(C(=O)[C@@H]3CCCN3C(=O)Nc3c(Br)cc(C(C)C)cc3Br)CC2)cc1. The van der Waals surface area contributed by atoms with Gasteiger partial charge in [0.15, 0.2) is 0 Å². The van der Waals surface area contributed by atoms with E-state index in [1.807, 2.05) is 24.3 Å². The minimum absolute atomic E-state index is 0.0382. The molecule has 10 heteroatoms. The summed E-state index contributed by atoms with van der Waals surface area (Å²) in [4.78, 5) is 42.9. The maximum absolute atomic E-state index is 13.4. The van der Waals surface area contributed by atoms with Gasteiger partial charge < -0.3 is 25.2 Å². The standard InChI is InChI=1S/C28H34Br2N4O4/c1-17(2)19-15-22(29)25(23(30)16-19)32-28(37)34-12-4-5-24(34)27(36)33-13-10-18(11-14-33)26(35)31-20-6-8-21(38-3)9-7-20/h6-9,15-18,24H,4-5,10-14H2,1-3H3,(H,31,35)(H,32,37)/t24-/m0/s1. The number of rotatable bonds is 6. The highest BCUT2D eigenvalue weighted by Crippen LogP contribution is 2.35. The topological polar surface area (TPSA) is 91.0 Å². The molecule has 0 radical (unpaired) electrons. The molecule has 0 aromatic heterocycles. The van der Waals surface area contributed by atoms with E-state index in [-0.39, 0.29) is 23.8 Å². The van der Waals surface area contributed by atoms with Crippen LogP contribution in [0, 0.1) is 5.92 Å². The molecule has 0 unspecified atom stereocenters. The summed E-state index contributed by atoms with van der Waals surface area (Å²) < 4.78 is 6.74. The fourth-order valence-electron chi connectivity index (χ4n) is 4.98. The van der Waals surface area contributed by atoms with Crippen LogP contribution in [-0.4, -0.2) is 60.4 Å². The number of halogens is 2. The van der Waals surface area contributed by atoms with Crippen LogP contribution in [0.2, 0.25) is 0 Å². The van der Waals surface area contributed by atoms with Crippen molar-refractivity contribution in [2.45, 2.75) is 51.5 Å². The number of carbonyl (C=O) groups is 3. The molecule has 2 saturated heterocycles. The molecular formula is C28H34Br2N4O4. The van der Waals surface area contributed by atoms with Crippen LogP contribution in [-0.2, 0) is 9.59 Å². The van der Waals surface area contributed by atoms with Crippen LogP contribution >= 0.6 is 31.9 Å². The molecular weight excluding hydrogens is 616 g/mol. The number of urea groups is 1. The quantitative estimate of drug-likeness (QED) is 0.389. The van der Waals surface area contributed by atoms with Crippen LogP contribution in [0.3, 0.4) is 0 Å². The lowest BCUT2D eigenvalue weighted by molar-refractivity contribution is -0.138. The Bertz CT molecular complexity index is 1160. The van der Waals surface area contributed by atoms with Crippen molar-refractivity contribution in [3.63, 3.8) is 0 Å². The monoisotopic (exact) mass is 648 g/mol. The van der Waals surface area contributed by atoms with Crippen molar-refractivity contribution in [3.05, 3.63) is 50.9 Å². The number of piperidine rings is 1. The largest absolute Gasteiger partial charge is 0.497 e. The van der Waals surface area contributed by atoms with Gasteiger partial charge in [0.1, 0.15) is 11.8 Å². The van der Waals surface area contributed by atoms with Crippen LogP contribution in [0.5, 0.6) is 5.75 Å². The molecule has 2 fully saturated rings. The summed E-state index contributed by atoms with van der Waals surface area (Å²) in [5.74, 6) is 0.843. The number of carbonyl (C=O) groups excluding carboxylic acids is 3. The molecule has 204 valence electrons. The molecule has 0 saturated carbocycles. The average Bonchev–Trinajstić information content (AvgIpc) is 3.41. The van der Waals surface area contributed by atoms with Crippen molar-refractivity contribution in [3.8, 4) is 5.75 Å². The first-order chi connectivity index (χ1) is 18.2. The van der Waals surface area contributed by atoms with Crippen molar-refractivity contribution in [2.24, 2.45) is 5.92 Å². The Morgan fingerprint density at radius 1 is 0.947 bits per heavy atom. The third kappa shape index (κ3) is 6.51. The molecule has 0 spiro atoms. The minimum atomic E-state index is -0.493. The predicted molar refractivity (Wildman–Crippen MR) is 156 cm³/mol. The molecule has 4 amide bonds. The molecule has 0 bridgehead atoms. The van der Waals surface area contributed by atoms with Crippen LogP contribution in [0.15, 0.2) is 45.3 Å². The number of nitrogens with zero attached hydrogens (tertiary/aromatic N) is 2. The highest BCUT2D eigenvalue weighted by molar-refractivity contribution is 9.11. The van der Waals surface area contributed by atoms with E-state index in [4.69, 9.17) is 4.74 Å². The van der Waals surface area contributed by atoms with E-state index < -0.39 is 6.04 Å². The summed E-state index contributed by atoms with van der Waals surface area (Å²) >= 11 is 7.16. The minimum Gasteiger partial charge on any atom is -0.497 e. The summed E-state index contributed by atoms with van der Waals surface area (Å²) in [5.41, 5.74) is 2.53. The van der Waals surface area contributed by atoms with Gasteiger partial charge in [-0.3, -0.25) is 9.59 Å². The van der Waals surface area contributed by atoms with Gasteiger partial charge >= 0.3 is 6.03 Å². The Labute approximate surface area is 240 Å². The van der Waals surface area contributed by atoms with Crippen LogP contribution < -0.4 is 15.4 Å². The average molecular weight is 650 g/mol. The molecule has 38 heavy (non-hydrogen) atoms. The van der Waals surface area contributed by atoms with Crippen molar-refractivity contribution < 1.29 is 19.1 Å². The van der Waals surface area contributed by atoms with E-state index >= 15 is 0 Å². The van der Waals surface area contributed by atoms with Gasteiger partial charge in [-0.15, -0.1) is 0 Å². The normalized spacial score (nSPS) is 18.0. The van der Waals surface area contributed by atoms with E-state index in [2.05, 4.69) is 56.3 Å². The zero-order chi connectivity index (χ0) is 27.4. The Hall–Kier alpha value is -2.59. The molecule has 4 rings (SSSR count). The third-order valence-electron chi connectivity index (χ3n) is 7.30. The summed E-state index contributed by atoms with van der Waals surface area (Å²) in [5, 5.41) is 5.95. The van der Waals surface area contributed by atoms with E-state index in [1.165, 1.54) is 0 Å². The smallest absolute Gasteiger partial charge is 0.322 e. The van der Waals surface area contributed by atoms with Crippen LogP contribution in [0.25, 0.3) is 0 Å². The summed E-state index contributed by atoms with van der Waals surface area (Å²) in [7, 11) is 1.60. The van der Waals surface area contributed by atoms with Gasteiger partial charge in [-0.25, -0.2) is 4.79 Å². The third-order valence-corrected chi connectivity index (χ3v) is 8.55. The predicted octanol–water partition coefficient (Wildman–Crippen LogP) is 6.22. The Morgan fingerprint density at radius 2 is 1.58 bits per heavy atom. The van der Waals surface area contributed by atoms with Gasteiger partial charge in [0.25, 0.3) is 0 Å². The number of anilines is 2. The maximum Gasteiger partial charge on any atom is 0.322 e. The molecule has 2 N–H and O–H groups in total. The fourth-order valence-corrected chi connectivity index (χ4v) is 6.40. The first-order valence-corrected chi connectivity index (χ1v) is 14.6. The first kappa shape index (κ1) is 28.4. The van der Waals surface area contributed by atoms with Crippen LogP contribution in [0.4, 0.5) is 16.2 Å². The van der Waals surface area contributed by atoms with Gasteiger partial charge in [0, 0.05) is 40.2 Å². The van der Waals surface area contributed by atoms with E-state index in [0.717, 1.165) is 32.4 Å². The second-order valence-corrected chi connectivity index (χ2v) is 11.8. The Morgan fingerprint density at radius 3 is 2.16 bits per heavy atom. The lowest BCUT2D eigenvalue weighted by Gasteiger charge is -2.35. The Kier molecular flexibility index (Phi) is 9.36. The van der Waals surface area contributed by atoms with Gasteiger partial charge in [-0.05, 0) is 105 Å². The molecule has 2 aromatic carbocycles. The maximum atomic E-state index is 13.4. The molecule has 2 aromatic rings. The first-order valence-electron chi connectivity index (χ1n) is 13.0. The van der Waals surface area contributed by atoms with Gasteiger partial charge in [-0.2, -0.15) is 0 Å². The number of amides is 4. The van der Waals surface area contributed by atoms with Gasteiger partial charge in [0.05, 0.1) is 12.8 Å². The summed E-state index contributed by atoms with van der Waals surface area (Å²) in [6.07, 6.45) is 2.60. The molecule has 2 heterocycles. The van der Waals surface area contributed by atoms with Crippen molar-refractivity contribution in [2.75, 3.05) is 37.4 Å². The van der Waals surface area contributed by atoms with Gasteiger partial charge in [-0.1, -0.05) is 13.8 Å². The number of hydrogen-bond donors (Lipinski definition) is 2. The number of likely N-dealkylation sites (tertiary alicyclic amines) is 2. The Balaban J connectivity index is 1.33. The number of methoxy groups -OCH3 is 1. The number of ether oxygens (including phenoxy) is 1. The zero-order valence-electron chi connectivity index (χ0n) is 21.9. The molecule has 2 aliphatic rings. The fraction of sp³-hybridized carbons (Fsp3) is 0.464. The van der Waals surface area contributed by atoms with Crippen molar-refractivity contribution in [1.29, 1.82) is 0 Å². The highest BCUT2D eigenvalue weighted by Gasteiger charge is 2.38. The summed E-state index contributed by atoms with van der Waals surface area (Å²) in [6.45, 7) is 5.76. The molecule has 1 atom stereocenters. The van der Waals surface area contributed by atoms with Crippen molar-refractivity contribution >= 4 is 61.1 Å².